The second kappa shape index (κ2) is 5.03. The molecule has 0 bridgehead atoms. The molecule has 0 heterocycles. The van der Waals surface area contributed by atoms with E-state index in [1.807, 2.05) is 14.0 Å². The van der Waals surface area contributed by atoms with Crippen LogP contribution in [0.15, 0.2) is 0 Å². The fourth-order valence-corrected chi connectivity index (χ4v) is 0.329. The lowest BCUT2D eigenvalue weighted by Gasteiger charge is -2.08. The van der Waals surface area contributed by atoms with Crippen LogP contribution in [0.4, 0.5) is 0 Å². The Hall–Kier alpha value is -0.120. The minimum Gasteiger partial charge on any atom is -0.380 e. The Morgan fingerprint density at radius 1 is 1.62 bits per heavy atom. The Labute approximate surface area is 50.4 Å². The highest BCUT2D eigenvalue weighted by atomic mass is 16.5. The standard InChI is InChI=1S/C5H14N2O/c1-5(8-3)4-7-6-2/h5-7H,4H2,1-3H3. The van der Waals surface area contributed by atoms with Crippen molar-refractivity contribution < 1.29 is 4.74 Å². The van der Waals surface area contributed by atoms with Gasteiger partial charge in [0, 0.05) is 13.7 Å². The molecule has 50 valence electrons. The van der Waals surface area contributed by atoms with Gasteiger partial charge in [0.2, 0.25) is 0 Å². The van der Waals surface area contributed by atoms with Crippen LogP contribution in [0.25, 0.3) is 0 Å². The predicted molar refractivity (Wildman–Crippen MR) is 33.5 cm³/mol. The van der Waals surface area contributed by atoms with Gasteiger partial charge in [-0.3, -0.25) is 10.9 Å². The fraction of sp³-hybridized carbons (Fsp3) is 1.00. The number of nitrogens with one attached hydrogen (secondary N) is 2. The van der Waals surface area contributed by atoms with Gasteiger partial charge in [0.1, 0.15) is 0 Å². The van der Waals surface area contributed by atoms with Gasteiger partial charge in [0.05, 0.1) is 6.10 Å². The molecule has 0 aromatic rings. The van der Waals surface area contributed by atoms with Crippen LogP contribution in [-0.4, -0.2) is 26.8 Å². The van der Waals surface area contributed by atoms with Crippen LogP contribution in [0.2, 0.25) is 0 Å². The average molecular weight is 118 g/mol. The Morgan fingerprint density at radius 2 is 2.25 bits per heavy atom. The zero-order valence-corrected chi connectivity index (χ0v) is 5.69. The zero-order valence-electron chi connectivity index (χ0n) is 5.69. The summed E-state index contributed by atoms with van der Waals surface area (Å²) in [5.41, 5.74) is 5.73. The lowest BCUT2D eigenvalue weighted by Crippen LogP contribution is -2.34. The third kappa shape index (κ3) is 4.05. The summed E-state index contributed by atoms with van der Waals surface area (Å²) >= 11 is 0. The monoisotopic (exact) mass is 118 g/mol. The van der Waals surface area contributed by atoms with Gasteiger partial charge >= 0.3 is 0 Å². The number of ether oxygens (including phenoxy) is 1. The number of hydrogen-bond acceptors (Lipinski definition) is 3. The van der Waals surface area contributed by atoms with Gasteiger partial charge in [-0.1, -0.05) is 0 Å². The molecule has 3 nitrogen and oxygen atoms in total. The van der Waals surface area contributed by atoms with E-state index in [0.717, 1.165) is 6.54 Å². The van der Waals surface area contributed by atoms with Crippen molar-refractivity contribution in [3.05, 3.63) is 0 Å². The van der Waals surface area contributed by atoms with E-state index in [0.29, 0.717) is 0 Å². The van der Waals surface area contributed by atoms with Crippen molar-refractivity contribution in [2.24, 2.45) is 0 Å². The highest BCUT2D eigenvalue weighted by Gasteiger charge is 1.93. The van der Waals surface area contributed by atoms with Crippen molar-refractivity contribution in [3.63, 3.8) is 0 Å². The van der Waals surface area contributed by atoms with E-state index in [-0.39, 0.29) is 6.10 Å². The van der Waals surface area contributed by atoms with E-state index in [2.05, 4.69) is 10.9 Å². The zero-order chi connectivity index (χ0) is 6.41. The predicted octanol–water partition coefficient (Wildman–Crippen LogP) is -0.255. The van der Waals surface area contributed by atoms with Crippen LogP contribution in [0, 0.1) is 0 Å². The van der Waals surface area contributed by atoms with E-state index in [4.69, 9.17) is 4.74 Å². The van der Waals surface area contributed by atoms with Crippen LogP contribution >= 0.6 is 0 Å². The van der Waals surface area contributed by atoms with Gasteiger partial charge in [-0.15, -0.1) is 0 Å². The second-order valence-electron chi connectivity index (χ2n) is 1.68. The van der Waals surface area contributed by atoms with Gasteiger partial charge in [-0.2, -0.15) is 0 Å². The number of methoxy groups -OCH3 is 1. The first-order valence-corrected chi connectivity index (χ1v) is 2.73. The molecule has 8 heavy (non-hydrogen) atoms. The third-order valence-corrected chi connectivity index (χ3v) is 0.969. The molecule has 0 aliphatic carbocycles. The molecule has 0 radical (unpaired) electrons. The largest absolute Gasteiger partial charge is 0.380 e. The Kier molecular flexibility index (Phi) is 4.95. The summed E-state index contributed by atoms with van der Waals surface area (Å²) in [6.07, 6.45) is 0.280. The molecule has 0 aliphatic rings. The van der Waals surface area contributed by atoms with Crippen molar-refractivity contribution in [1.82, 2.24) is 10.9 Å². The summed E-state index contributed by atoms with van der Waals surface area (Å²) in [5.74, 6) is 0. The van der Waals surface area contributed by atoms with Crippen LogP contribution in [0.3, 0.4) is 0 Å². The lowest BCUT2D eigenvalue weighted by molar-refractivity contribution is 0.114. The van der Waals surface area contributed by atoms with Crippen LogP contribution in [0.1, 0.15) is 6.92 Å². The molecular formula is C5H14N2O. The first-order chi connectivity index (χ1) is 3.81. The Balaban J connectivity index is 2.86. The number of hydrogen-bond donors (Lipinski definition) is 2. The molecule has 0 amide bonds. The molecule has 0 aromatic carbocycles. The molecule has 0 fully saturated rings. The van der Waals surface area contributed by atoms with Crippen LogP contribution < -0.4 is 10.9 Å². The third-order valence-electron chi connectivity index (χ3n) is 0.969. The summed E-state index contributed by atoms with van der Waals surface area (Å²) in [7, 11) is 3.53. The highest BCUT2D eigenvalue weighted by molar-refractivity contribution is 4.48. The smallest absolute Gasteiger partial charge is 0.0681 e. The van der Waals surface area contributed by atoms with Gasteiger partial charge in [-0.25, -0.2) is 0 Å². The van der Waals surface area contributed by atoms with Crippen molar-refractivity contribution in [2.75, 3.05) is 20.7 Å². The second-order valence-corrected chi connectivity index (χ2v) is 1.68. The molecule has 0 saturated heterocycles. The topological polar surface area (TPSA) is 33.3 Å². The molecule has 0 rings (SSSR count). The summed E-state index contributed by atoms with van der Waals surface area (Å²) in [5, 5.41) is 0. The molecule has 1 atom stereocenters. The highest BCUT2D eigenvalue weighted by Crippen LogP contribution is 1.80. The molecule has 0 spiro atoms. The van der Waals surface area contributed by atoms with Gasteiger partial charge in [-0.05, 0) is 14.0 Å². The Morgan fingerprint density at radius 3 is 2.62 bits per heavy atom. The van der Waals surface area contributed by atoms with E-state index >= 15 is 0 Å². The summed E-state index contributed by atoms with van der Waals surface area (Å²) < 4.78 is 4.95. The molecule has 0 aromatic heterocycles. The lowest BCUT2D eigenvalue weighted by atomic mass is 10.4. The minimum absolute atomic E-state index is 0.280. The normalized spacial score (nSPS) is 13.9. The van der Waals surface area contributed by atoms with E-state index in [1.165, 1.54) is 0 Å². The molecule has 1 unspecified atom stereocenters. The van der Waals surface area contributed by atoms with E-state index in [9.17, 15) is 0 Å². The van der Waals surface area contributed by atoms with Crippen molar-refractivity contribution in [2.45, 2.75) is 13.0 Å². The number of rotatable bonds is 4. The molecule has 0 saturated carbocycles. The molecule has 3 heteroatoms. The maximum atomic E-state index is 4.95. The van der Waals surface area contributed by atoms with Crippen LogP contribution in [-0.2, 0) is 4.74 Å². The molecular weight excluding hydrogens is 104 g/mol. The first-order valence-electron chi connectivity index (χ1n) is 2.73. The molecule has 0 aliphatic heterocycles. The van der Waals surface area contributed by atoms with Crippen LogP contribution in [0.5, 0.6) is 0 Å². The van der Waals surface area contributed by atoms with E-state index < -0.39 is 0 Å². The van der Waals surface area contributed by atoms with Gasteiger partial charge < -0.3 is 4.74 Å². The van der Waals surface area contributed by atoms with Crippen molar-refractivity contribution in [1.29, 1.82) is 0 Å². The summed E-state index contributed by atoms with van der Waals surface area (Å²) in [6.45, 7) is 2.84. The summed E-state index contributed by atoms with van der Waals surface area (Å²) in [6, 6.07) is 0. The maximum Gasteiger partial charge on any atom is 0.0681 e. The maximum absolute atomic E-state index is 4.95. The van der Waals surface area contributed by atoms with Crippen molar-refractivity contribution >= 4 is 0 Å². The van der Waals surface area contributed by atoms with E-state index in [1.54, 1.807) is 7.11 Å². The SMILES string of the molecule is CNNCC(C)OC. The summed E-state index contributed by atoms with van der Waals surface area (Å²) in [4.78, 5) is 0. The average Bonchev–Trinajstić information content (AvgIpc) is 1.83. The first kappa shape index (κ1) is 7.88. The minimum atomic E-state index is 0.280. The quantitative estimate of drug-likeness (QED) is 0.499. The Bertz CT molecular complexity index is 49.7. The van der Waals surface area contributed by atoms with Gasteiger partial charge in [0.15, 0.2) is 0 Å². The fourth-order valence-electron chi connectivity index (χ4n) is 0.329. The van der Waals surface area contributed by atoms with Crippen molar-refractivity contribution in [3.8, 4) is 0 Å². The van der Waals surface area contributed by atoms with Gasteiger partial charge in [0.25, 0.3) is 0 Å². The number of hydrazine groups is 1. The molecule has 2 N–H and O–H groups in total.